The number of nitrogens with one attached hydrogen (secondary N) is 1. The van der Waals surface area contributed by atoms with E-state index in [2.05, 4.69) is 17.1 Å². The summed E-state index contributed by atoms with van der Waals surface area (Å²) in [5, 5.41) is 3.15. The van der Waals surface area contributed by atoms with Gasteiger partial charge in [0.15, 0.2) is 0 Å². The first-order valence-corrected chi connectivity index (χ1v) is 8.78. The molecule has 118 valence electrons. The summed E-state index contributed by atoms with van der Waals surface area (Å²) in [5.74, 6) is 0. The van der Waals surface area contributed by atoms with Crippen molar-refractivity contribution in [2.24, 2.45) is 0 Å². The van der Waals surface area contributed by atoms with E-state index >= 15 is 0 Å². The van der Waals surface area contributed by atoms with Gasteiger partial charge in [0, 0.05) is 31.7 Å². The van der Waals surface area contributed by atoms with E-state index in [0.29, 0.717) is 18.0 Å². The normalized spacial score (nSPS) is 23.1. The first-order chi connectivity index (χ1) is 9.86. The molecule has 0 aromatic heterocycles. The Balaban J connectivity index is 2.20. The van der Waals surface area contributed by atoms with E-state index in [1.54, 1.807) is 16.4 Å². The van der Waals surface area contributed by atoms with Crippen molar-refractivity contribution < 1.29 is 8.42 Å². The van der Waals surface area contributed by atoms with Crippen molar-refractivity contribution in [3.05, 3.63) is 29.8 Å². The van der Waals surface area contributed by atoms with E-state index in [4.69, 9.17) is 0 Å². The second-order valence-corrected chi connectivity index (χ2v) is 7.71. The summed E-state index contributed by atoms with van der Waals surface area (Å²) in [5.41, 5.74) is 1.09. The van der Waals surface area contributed by atoms with Crippen LogP contribution < -0.4 is 5.32 Å². The fourth-order valence-electron chi connectivity index (χ4n) is 2.48. The second kappa shape index (κ2) is 6.44. The molecule has 2 rings (SSSR count). The highest BCUT2D eigenvalue weighted by molar-refractivity contribution is 7.89. The molecule has 1 fully saturated rings. The Morgan fingerprint density at radius 3 is 2.38 bits per heavy atom. The Morgan fingerprint density at radius 1 is 1.24 bits per heavy atom. The molecule has 1 saturated heterocycles. The Morgan fingerprint density at radius 2 is 1.86 bits per heavy atom. The van der Waals surface area contributed by atoms with Crippen LogP contribution >= 0.6 is 0 Å². The van der Waals surface area contributed by atoms with Crippen LogP contribution in [0.1, 0.15) is 25.5 Å². The van der Waals surface area contributed by atoms with Gasteiger partial charge in [-0.05, 0) is 45.6 Å². The Bertz CT molecular complexity index is 571. The Kier molecular flexibility index (Phi) is 5.03. The number of hydrogen-bond donors (Lipinski definition) is 1. The molecule has 0 amide bonds. The highest BCUT2D eigenvalue weighted by Crippen LogP contribution is 2.21. The summed E-state index contributed by atoms with van der Waals surface area (Å²) in [6.07, 6.45) is 0. The molecule has 2 unspecified atom stereocenters. The van der Waals surface area contributed by atoms with Crippen molar-refractivity contribution in [2.75, 3.05) is 33.7 Å². The van der Waals surface area contributed by atoms with Crippen molar-refractivity contribution in [1.29, 1.82) is 0 Å². The first kappa shape index (κ1) is 16.4. The number of likely N-dealkylation sites (N-methyl/N-ethyl adjacent to an activating group) is 1. The van der Waals surface area contributed by atoms with Gasteiger partial charge in [-0.2, -0.15) is 4.31 Å². The fraction of sp³-hybridized carbons (Fsp3) is 0.600. The standard InChI is InChI=1S/C15H25N3O2S/c1-12-11-18(10-9-17(12)4)21(19,20)15-7-5-14(6-8-15)13(2)16-3/h5-8,12-13,16H,9-11H2,1-4H3. The second-order valence-electron chi connectivity index (χ2n) is 5.77. The van der Waals surface area contributed by atoms with Gasteiger partial charge in [-0.3, -0.25) is 0 Å². The van der Waals surface area contributed by atoms with Gasteiger partial charge in [-0.25, -0.2) is 8.42 Å². The molecule has 1 aromatic rings. The van der Waals surface area contributed by atoms with E-state index in [9.17, 15) is 8.42 Å². The summed E-state index contributed by atoms with van der Waals surface area (Å²) in [4.78, 5) is 2.57. The number of sulfonamides is 1. The molecule has 0 saturated carbocycles. The van der Waals surface area contributed by atoms with Crippen LogP contribution in [0.4, 0.5) is 0 Å². The zero-order valence-electron chi connectivity index (χ0n) is 13.2. The first-order valence-electron chi connectivity index (χ1n) is 7.34. The van der Waals surface area contributed by atoms with Crippen LogP contribution in [0.5, 0.6) is 0 Å². The fourth-order valence-corrected chi connectivity index (χ4v) is 3.99. The highest BCUT2D eigenvalue weighted by Gasteiger charge is 2.30. The summed E-state index contributed by atoms with van der Waals surface area (Å²) < 4.78 is 27.0. The van der Waals surface area contributed by atoms with Crippen LogP contribution in [-0.2, 0) is 10.0 Å². The van der Waals surface area contributed by atoms with Crippen LogP contribution in [-0.4, -0.2) is 57.4 Å². The van der Waals surface area contributed by atoms with Gasteiger partial charge in [-0.1, -0.05) is 12.1 Å². The molecule has 1 aromatic carbocycles. The Labute approximate surface area is 128 Å². The van der Waals surface area contributed by atoms with Gasteiger partial charge in [0.05, 0.1) is 4.90 Å². The zero-order valence-corrected chi connectivity index (χ0v) is 14.0. The van der Waals surface area contributed by atoms with Crippen LogP contribution in [0.3, 0.4) is 0 Å². The van der Waals surface area contributed by atoms with Gasteiger partial charge in [0.25, 0.3) is 0 Å². The zero-order chi connectivity index (χ0) is 15.6. The minimum Gasteiger partial charge on any atom is -0.313 e. The largest absolute Gasteiger partial charge is 0.313 e. The SMILES string of the molecule is CNC(C)c1ccc(S(=O)(=O)N2CCN(C)C(C)C2)cc1. The molecule has 5 nitrogen and oxygen atoms in total. The lowest BCUT2D eigenvalue weighted by atomic mass is 10.1. The third kappa shape index (κ3) is 3.45. The molecular weight excluding hydrogens is 286 g/mol. The molecule has 1 aliphatic heterocycles. The van der Waals surface area contributed by atoms with Crippen LogP contribution in [0, 0.1) is 0 Å². The quantitative estimate of drug-likeness (QED) is 0.910. The summed E-state index contributed by atoms with van der Waals surface area (Å²) in [6, 6.07) is 7.65. The minimum atomic E-state index is -3.38. The van der Waals surface area contributed by atoms with Crippen LogP contribution in [0.15, 0.2) is 29.2 Å². The summed E-state index contributed by atoms with van der Waals surface area (Å²) in [6.45, 7) is 5.98. The van der Waals surface area contributed by atoms with E-state index in [1.807, 2.05) is 33.2 Å². The molecule has 0 aliphatic carbocycles. The van der Waals surface area contributed by atoms with Crippen molar-refractivity contribution in [3.63, 3.8) is 0 Å². The monoisotopic (exact) mass is 311 g/mol. The van der Waals surface area contributed by atoms with Gasteiger partial charge in [-0.15, -0.1) is 0 Å². The molecule has 1 N–H and O–H groups in total. The number of hydrogen-bond acceptors (Lipinski definition) is 4. The minimum absolute atomic E-state index is 0.213. The van der Waals surface area contributed by atoms with Gasteiger partial charge in [0.1, 0.15) is 0 Å². The van der Waals surface area contributed by atoms with Crippen molar-refractivity contribution in [2.45, 2.75) is 30.8 Å². The molecule has 0 bridgehead atoms. The smallest absolute Gasteiger partial charge is 0.243 e. The molecule has 6 heteroatoms. The predicted molar refractivity (Wildman–Crippen MR) is 84.8 cm³/mol. The lowest BCUT2D eigenvalue weighted by Crippen LogP contribution is -2.51. The number of rotatable bonds is 4. The van der Waals surface area contributed by atoms with E-state index < -0.39 is 10.0 Å². The summed E-state index contributed by atoms with van der Waals surface area (Å²) >= 11 is 0. The van der Waals surface area contributed by atoms with Crippen molar-refractivity contribution >= 4 is 10.0 Å². The maximum atomic E-state index is 12.7. The lowest BCUT2D eigenvalue weighted by Gasteiger charge is -2.36. The highest BCUT2D eigenvalue weighted by atomic mass is 32.2. The maximum Gasteiger partial charge on any atom is 0.243 e. The number of piperazine rings is 1. The topological polar surface area (TPSA) is 52.7 Å². The predicted octanol–water partition coefficient (Wildman–Crippen LogP) is 1.29. The van der Waals surface area contributed by atoms with E-state index in [0.717, 1.165) is 12.1 Å². The molecule has 0 radical (unpaired) electrons. The third-order valence-electron chi connectivity index (χ3n) is 4.37. The van der Waals surface area contributed by atoms with E-state index in [1.165, 1.54) is 0 Å². The molecule has 1 heterocycles. The van der Waals surface area contributed by atoms with E-state index in [-0.39, 0.29) is 12.1 Å². The van der Waals surface area contributed by atoms with Crippen molar-refractivity contribution in [3.8, 4) is 0 Å². The lowest BCUT2D eigenvalue weighted by molar-refractivity contribution is 0.159. The molecule has 0 spiro atoms. The number of benzene rings is 1. The molecule has 21 heavy (non-hydrogen) atoms. The van der Waals surface area contributed by atoms with Gasteiger partial charge >= 0.3 is 0 Å². The molecular formula is C15H25N3O2S. The average molecular weight is 311 g/mol. The van der Waals surface area contributed by atoms with Gasteiger partial charge in [0.2, 0.25) is 10.0 Å². The van der Waals surface area contributed by atoms with Crippen molar-refractivity contribution in [1.82, 2.24) is 14.5 Å². The molecule has 1 aliphatic rings. The van der Waals surface area contributed by atoms with Crippen LogP contribution in [0.25, 0.3) is 0 Å². The van der Waals surface area contributed by atoms with Crippen LogP contribution in [0.2, 0.25) is 0 Å². The maximum absolute atomic E-state index is 12.7. The average Bonchev–Trinajstić information content (AvgIpc) is 2.49. The number of nitrogens with zero attached hydrogens (tertiary/aromatic N) is 2. The molecule has 2 atom stereocenters. The third-order valence-corrected chi connectivity index (χ3v) is 6.25. The Hall–Kier alpha value is -0.950. The summed E-state index contributed by atoms with van der Waals surface area (Å²) in [7, 11) is 0.539. The van der Waals surface area contributed by atoms with Gasteiger partial charge < -0.3 is 10.2 Å².